The first-order valence-corrected chi connectivity index (χ1v) is 5.05. The third kappa shape index (κ3) is 3.03. The van der Waals surface area contributed by atoms with Gasteiger partial charge in [-0.05, 0) is 28.1 Å². The number of nitrogens with zero attached hydrogens (tertiary/aromatic N) is 1. The fourth-order valence-corrected chi connectivity index (χ4v) is 1.45. The maximum absolute atomic E-state index is 13.0. The molecule has 0 aliphatic rings. The van der Waals surface area contributed by atoms with Gasteiger partial charge in [-0.25, -0.2) is 4.39 Å². The van der Waals surface area contributed by atoms with E-state index in [0.29, 0.717) is 0 Å². The lowest BCUT2D eigenvalue weighted by Gasteiger charge is -2.05. The molecule has 0 heterocycles. The standard InChI is InChI=1S/C10H8BrFN2O/c11-9-7(3-1-4-8(9)12)10(15)14-6-2-5-13/h1,3-4H,2,6H2,(H,14,15). The van der Waals surface area contributed by atoms with Crippen molar-refractivity contribution in [2.45, 2.75) is 6.42 Å². The zero-order valence-electron chi connectivity index (χ0n) is 7.76. The number of benzene rings is 1. The van der Waals surface area contributed by atoms with Crippen LogP contribution in [0.4, 0.5) is 4.39 Å². The van der Waals surface area contributed by atoms with Gasteiger partial charge in [-0.15, -0.1) is 0 Å². The topological polar surface area (TPSA) is 52.9 Å². The second-order valence-electron chi connectivity index (χ2n) is 2.77. The molecule has 5 heteroatoms. The zero-order valence-corrected chi connectivity index (χ0v) is 9.34. The quantitative estimate of drug-likeness (QED) is 0.857. The van der Waals surface area contributed by atoms with Crippen molar-refractivity contribution in [2.75, 3.05) is 6.54 Å². The molecular formula is C10H8BrFN2O. The Morgan fingerprint density at radius 1 is 1.60 bits per heavy atom. The first-order chi connectivity index (χ1) is 7.16. The third-order valence-electron chi connectivity index (χ3n) is 1.72. The molecule has 1 amide bonds. The minimum absolute atomic E-state index is 0.138. The number of rotatable bonds is 3. The summed E-state index contributed by atoms with van der Waals surface area (Å²) in [5.41, 5.74) is 0.230. The molecule has 1 aromatic rings. The van der Waals surface area contributed by atoms with Gasteiger partial charge in [-0.3, -0.25) is 4.79 Å². The lowest BCUT2D eigenvalue weighted by atomic mass is 10.2. The number of hydrogen-bond donors (Lipinski definition) is 1. The van der Waals surface area contributed by atoms with E-state index in [4.69, 9.17) is 5.26 Å². The molecule has 0 atom stereocenters. The number of hydrogen-bond acceptors (Lipinski definition) is 2. The SMILES string of the molecule is N#CCCNC(=O)c1cccc(F)c1Br. The van der Waals surface area contributed by atoms with Gasteiger partial charge < -0.3 is 5.32 Å². The molecule has 78 valence electrons. The van der Waals surface area contributed by atoms with Gasteiger partial charge in [0.1, 0.15) is 5.82 Å². The van der Waals surface area contributed by atoms with Gasteiger partial charge in [0.2, 0.25) is 0 Å². The number of nitriles is 1. The highest BCUT2D eigenvalue weighted by molar-refractivity contribution is 9.10. The summed E-state index contributed by atoms with van der Waals surface area (Å²) in [7, 11) is 0. The van der Waals surface area contributed by atoms with Crippen molar-refractivity contribution in [1.82, 2.24) is 5.32 Å². The van der Waals surface area contributed by atoms with Crippen LogP contribution in [0.2, 0.25) is 0 Å². The second-order valence-corrected chi connectivity index (χ2v) is 3.56. The fraction of sp³-hybridized carbons (Fsp3) is 0.200. The van der Waals surface area contributed by atoms with Crippen LogP contribution in [-0.4, -0.2) is 12.5 Å². The summed E-state index contributed by atoms with van der Waals surface area (Å²) in [5, 5.41) is 10.8. The lowest BCUT2D eigenvalue weighted by molar-refractivity contribution is 0.0953. The predicted octanol–water partition coefficient (Wildman–Crippen LogP) is 2.23. The molecule has 0 aliphatic heterocycles. The highest BCUT2D eigenvalue weighted by atomic mass is 79.9. The molecule has 0 aromatic heterocycles. The smallest absolute Gasteiger partial charge is 0.252 e. The first-order valence-electron chi connectivity index (χ1n) is 4.26. The van der Waals surface area contributed by atoms with Crippen molar-refractivity contribution in [2.24, 2.45) is 0 Å². The summed E-state index contributed by atoms with van der Waals surface area (Å²) >= 11 is 2.99. The molecule has 0 aliphatic carbocycles. The van der Waals surface area contributed by atoms with E-state index in [-0.39, 0.29) is 23.0 Å². The molecule has 0 saturated carbocycles. The van der Waals surface area contributed by atoms with E-state index in [1.54, 1.807) is 0 Å². The molecule has 15 heavy (non-hydrogen) atoms. The largest absolute Gasteiger partial charge is 0.351 e. The average molecular weight is 271 g/mol. The van der Waals surface area contributed by atoms with Crippen LogP contribution >= 0.6 is 15.9 Å². The maximum atomic E-state index is 13.0. The van der Waals surface area contributed by atoms with Crippen molar-refractivity contribution in [1.29, 1.82) is 5.26 Å². The van der Waals surface area contributed by atoms with Crippen LogP contribution in [0.25, 0.3) is 0 Å². The van der Waals surface area contributed by atoms with Crippen LogP contribution in [-0.2, 0) is 0 Å². The maximum Gasteiger partial charge on any atom is 0.252 e. The molecular weight excluding hydrogens is 263 g/mol. The number of nitrogens with one attached hydrogen (secondary N) is 1. The van der Waals surface area contributed by atoms with Crippen molar-refractivity contribution < 1.29 is 9.18 Å². The minimum Gasteiger partial charge on any atom is -0.351 e. The predicted molar refractivity (Wildman–Crippen MR) is 56.7 cm³/mol. The molecule has 0 saturated heterocycles. The molecule has 1 aromatic carbocycles. The molecule has 0 spiro atoms. The number of carbonyl (C=O) groups is 1. The molecule has 1 N–H and O–H groups in total. The van der Waals surface area contributed by atoms with Crippen LogP contribution in [0, 0.1) is 17.1 Å². The molecule has 0 radical (unpaired) electrons. The second kappa shape index (κ2) is 5.47. The van der Waals surface area contributed by atoms with Crippen LogP contribution in [0.1, 0.15) is 16.8 Å². The highest BCUT2D eigenvalue weighted by Gasteiger charge is 2.11. The summed E-state index contributed by atoms with van der Waals surface area (Å²) in [6.45, 7) is 0.262. The van der Waals surface area contributed by atoms with Gasteiger partial charge in [0.15, 0.2) is 0 Å². The first kappa shape index (κ1) is 11.7. The van der Waals surface area contributed by atoms with E-state index >= 15 is 0 Å². The molecule has 3 nitrogen and oxygen atoms in total. The summed E-state index contributed by atoms with van der Waals surface area (Å²) < 4.78 is 13.2. The Hall–Kier alpha value is -1.41. The van der Waals surface area contributed by atoms with Crippen molar-refractivity contribution in [3.8, 4) is 6.07 Å². The molecule has 0 fully saturated rings. The van der Waals surface area contributed by atoms with Gasteiger partial charge in [0.25, 0.3) is 5.91 Å². The number of halogens is 2. The normalized spacial score (nSPS) is 9.40. The number of amides is 1. The Labute approximate surface area is 95.0 Å². The van der Waals surface area contributed by atoms with Gasteiger partial charge in [-0.2, -0.15) is 5.26 Å². The van der Waals surface area contributed by atoms with E-state index in [9.17, 15) is 9.18 Å². The van der Waals surface area contributed by atoms with Gasteiger partial charge in [0.05, 0.1) is 22.5 Å². The van der Waals surface area contributed by atoms with E-state index in [0.717, 1.165) is 0 Å². The molecule has 1 rings (SSSR count). The minimum atomic E-state index is -0.483. The van der Waals surface area contributed by atoms with E-state index in [1.165, 1.54) is 18.2 Å². The third-order valence-corrected chi connectivity index (χ3v) is 2.52. The molecule has 0 bridgehead atoms. The van der Waals surface area contributed by atoms with E-state index < -0.39 is 11.7 Å². The Balaban J connectivity index is 2.75. The highest BCUT2D eigenvalue weighted by Crippen LogP contribution is 2.19. The van der Waals surface area contributed by atoms with Gasteiger partial charge in [0, 0.05) is 6.54 Å². The Morgan fingerprint density at radius 3 is 3.00 bits per heavy atom. The van der Waals surface area contributed by atoms with Gasteiger partial charge >= 0.3 is 0 Å². The monoisotopic (exact) mass is 270 g/mol. The zero-order chi connectivity index (χ0) is 11.3. The van der Waals surface area contributed by atoms with Crippen LogP contribution in [0.15, 0.2) is 22.7 Å². The summed E-state index contributed by atoms with van der Waals surface area (Å²) in [5.74, 6) is -0.875. The summed E-state index contributed by atoms with van der Waals surface area (Å²) in [4.78, 5) is 11.5. The summed E-state index contributed by atoms with van der Waals surface area (Å²) in [6.07, 6.45) is 0.235. The Bertz CT molecular complexity index is 414. The van der Waals surface area contributed by atoms with Crippen LogP contribution < -0.4 is 5.32 Å². The summed E-state index contributed by atoms with van der Waals surface area (Å²) in [6, 6.07) is 6.13. The average Bonchev–Trinajstić information content (AvgIpc) is 2.22. The van der Waals surface area contributed by atoms with Gasteiger partial charge in [-0.1, -0.05) is 6.07 Å². The number of carbonyl (C=O) groups excluding carboxylic acids is 1. The van der Waals surface area contributed by atoms with E-state index in [2.05, 4.69) is 21.2 Å². The van der Waals surface area contributed by atoms with Crippen molar-refractivity contribution in [3.63, 3.8) is 0 Å². The van der Waals surface area contributed by atoms with Crippen LogP contribution in [0.5, 0.6) is 0 Å². The fourth-order valence-electron chi connectivity index (χ4n) is 1.01. The lowest BCUT2D eigenvalue weighted by Crippen LogP contribution is -2.24. The van der Waals surface area contributed by atoms with Crippen molar-refractivity contribution >= 4 is 21.8 Å². The Morgan fingerprint density at radius 2 is 2.33 bits per heavy atom. The Kier molecular flexibility index (Phi) is 4.25. The van der Waals surface area contributed by atoms with Crippen molar-refractivity contribution in [3.05, 3.63) is 34.1 Å². The van der Waals surface area contributed by atoms with Crippen LogP contribution in [0.3, 0.4) is 0 Å². The van der Waals surface area contributed by atoms with E-state index in [1.807, 2.05) is 6.07 Å². The molecule has 0 unspecified atom stereocenters.